The van der Waals surface area contributed by atoms with Gasteiger partial charge in [-0.2, -0.15) is 9.40 Å². The summed E-state index contributed by atoms with van der Waals surface area (Å²) in [6.45, 7) is 1.13. The van der Waals surface area contributed by atoms with Crippen molar-refractivity contribution < 1.29 is 13.2 Å². The van der Waals surface area contributed by atoms with Crippen molar-refractivity contribution in [3.05, 3.63) is 35.1 Å². The smallest absolute Gasteiger partial charge is 0.243 e. The highest BCUT2D eigenvalue weighted by Gasteiger charge is 2.33. The van der Waals surface area contributed by atoms with E-state index in [2.05, 4.69) is 36.4 Å². The molecule has 0 spiro atoms. The van der Waals surface area contributed by atoms with Gasteiger partial charge in [0.05, 0.1) is 10.8 Å². The molecule has 1 aliphatic rings. The van der Waals surface area contributed by atoms with Crippen LogP contribution in [-0.2, 0) is 14.8 Å². The van der Waals surface area contributed by atoms with E-state index in [0.717, 1.165) is 4.47 Å². The second kappa shape index (κ2) is 9.18. The Kier molecular flexibility index (Phi) is 6.90. The predicted octanol–water partition coefficient (Wildman–Crippen LogP) is 1.88. The number of nitrogens with zero attached hydrogens (tertiary/aromatic N) is 3. The molecule has 11 heteroatoms. The summed E-state index contributed by atoms with van der Waals surface area (Å²) in [7, 11) is -3.59. The molecule has 0 unspecified atom stereocenters. The zero-order valence-electron chi connectivity index (χ0n) is 14.5. The summed E-state index contributed by atoms with van der Waals surface area (Å²) in [6, 6.07) is 6.55. The summed E-state index contributed by atoms with van der Waals surface area (Å²) in [5.74, 6) is 0.220. The number of hydrogen-bond donors (Lipinski definition) is 2. The molecule has 8 nitrogen and oxygen atoms in total. The second-order valence-electron chi connectivity index (χ2n) is 6.09. The highest BCUT2D eigenvalue weighted by molar-refractivity contribution is 9.10. The third kappa shape index (κ3) is 5.31. The number of amides is 1. The van der Waals surface area contributed by atoms with Gasteiger partial charge in [0.1, 0.15) is 6.33 Å². The van der Waals surface area contributed by atoms with Crippen molar-refractivity contribution in [3.63, 3.8) is 0 Å². The van der Waals surface area contributed by atoms with E-state index in [4.69, 9.17) is 0 Å². The molecule has 1 aromatic heterocycles. The summed E-state index contributed by atoms with van der Waals surface area (Å²) in [4.78, 5) is 16.7. The molecule has 0 bridgehead atoms. The number of halogens is 1. The van der Waals surface area contributed by atoms with E-state index in [1.807, 2.05) is 0 Å². The second-order valence-corrected chi connectivity index (χ2v) is 10.0. The Morgan fingerprint density at radius 2 is 2.15 bits per heavy atom. The first kappa shape index (κ1) is 20.3. The molecule has 1 atom stereocenters. The van der Waals surface area contributed by atoms with Crippen molar-refractivity contribution in [3.8, 4) is 0 Å². The van der Waals surface area contributed by atoms with E-state index in [-0.39, 0.29) is 23.3 Å². The Hall–Kier alpha value is -1.43. The summed E-state index contributed by atoms with van der Waals surface area (Å²) < 4.78 is 27.9. The molecule has 1 aromatic carbocycles. The lowest BCUT2D eigenvalue weighted by atomic mass is 9.99. The molecule has 0 aliphatic carbocycles. The lowest BCUT2D eigenvalue weighted by Gasteiger charge is -2.31. The van der Waals surface area contributed by atoms with Gasteiger partial charge < -0.3 is 5.32 Å². The molecule has 2 heterocycles. The zero-order valence-corrected chi connectivity index (χ0v) is 17.7. The topological polar surface area (TPSA) is 108 Å². The van der Waals surface area contributed by atoms with Crippen molar-refractivity contribution in [2.75, 3.05) is 25.4 Å². The van der Waals surface area contributed by atoms with Crippen LogP contribution in [0.15, 0.2) is 45.1 Å². The van der Waals surface area contributed by atoms with Crippen molar-refractivity contribution >= 4 is 43.6 Å². The first-order chi connectivity index (χ1) is 13.0. The number of piperidine rings is 1. The normalized spacial score (nSPS) is 18.3. The number of H-pyrrole nitrogens is 1. The lowest BCUT2D eigenvalue weighted by molar-refractivity contribution is -0.125. The van der Waals surface area contributed by atoms with Gasteiger partial charge in [0.2, 0.25) is 15.9 Å². The summed E-state index contributed by atoms with van der Waals surface area (Å²) in [5.41, 5.74) is 0. The average Bonchev–Trinajstić information content (AvgIpc) is 3.19. The fraction of sp³-hybridized carbons (Fsp3) is 0.438. The first-order valence-electron chi connectivity index (χ1n) is 8.48. The number of hydrogen-bond acceptors (Lipinski definition) is 6. The van der Waals surface area contributed by atoms with E-state index in [1.165, 1.54) is 22.4 Å². The molecule has 0 saturated carbocycles. The molecule has 0 radical (unpaired) electrons. The maximum Gasteiger partial charge on any atom is 0.243 e. The minimum atomic E-state index is -3.59. The number of nitrogens with one attached hydrogen (secondary N) is 2. The van der Waals surface area contributed by atoms with E-state index in [0.29, 0.717) is 36.8 Å². The van der Waals surface area contributed by atoms with Gasteiger partial charge in [-0.05, 0) is 37.1 Å². The number of aromatic amines is 1. The fourth-order valence-corrected chi connectivity index (χ4v) is 5.29. The fourth-order valence-electron chi connectivity index (χ4n) is 2.86. The van der Waals surface area contributed by atoms with E-state index < -0.39 is 10.0 Å². The van der Waals surface area contributed by atoms with Crippen molar-refractivity contribution in [2.45, 2.75) is 22.9 Å². The highest BCUT2D eigenvalue weighted by atomic mass is 79.9. The molecule has 2 aromatic rings. The summed E-state index contributed by atoms with van der Waals surface area (Å²) in [5, 5.41) is 10.1. The van der Waals surface area contributed by atoms with Gasteiger partial charge >= 0.3 is 0 Å². The molecule has 2 N–H and O–H groups in total. The Labute approximate surface area is 170 Å². The number of aromatic nitrogens is 3. The molecule has 1 amide bonds. The molecule has 1 fully saturated rings. The Morgan fingerprint density at radius 1 is 1.37 bits per heavy atom. The summed E-state index contributed by atoms with van der Waals surface area (Å²) in [6.07, 6.45) is 2.79. The first-order valence-corrected chi connectivity index (χ1v) is 11.7. The summed E-state index contributed by atoms with van der Waals surface area (Å²) >= 11 is 4.77. The van der Waals surface area contributed by atoms with Gasteiger partial charge in [-0.25, -0.2) is 13.4 Å². The van der Waals surface area contributed by atoms with Crippen LogP contribution in [0.1, 0.15) is 12.8 Å². The monoisotopic (exact) mass is 473 g/mol. The predicted molar refractivity (Wildman–Crippen MR) is 106 cm³/mol. The van der Waals surface area contributed by atoms with Crippen molar-refractivity contribution in [1.82, 2.24) is 24.8 Å². The Morgan fingerprint density at radius 3 is 2.85 bits per heavy atom. The number of rotatable bonds is 7. The molecular weight excluding hydrogens is 454 g/mol. The van der Waals surface area contributed by atoms with E-state index in [9.17, 15) is 13.2 Å². The van der Waals surface area contributed by atoms with E-state index in [1.54, 1.807) is 24.3 Å². The van der Waals surface area contributed by atoms with Crippen LogP contribution in [-0.4, -0.2) is 59.2 Å². The SMILES string of the molecule is O=C(NCCSc1ncn[nH]1)[C@H]1CCCN(S(=O)(=O)c2ccc(Br)cc2)C1. The molecule has 1 saturated heterocycles. The van der Waals surface area contributed by atoms with Gasteiger partial charge in [0.15, 0.2) is 5.16 Å². The van der Waals surface area contributed by atoms with Crippen molar-refractivity contribution in [2.24, 2.45) is 5.92 Å². The van der Waals surface area contributed by atoms with Gasteiger partial charge in [0, 0.05) is 29.9 Å². The average molecular weight is 474 g/mol. The maximum atomic E-state index is 12.8. The molecule has 27 heavy (non-hydrogen) atoms. The zero-order chi connectivity index (χ0) is 19.3. The van der Waals surface area contributed by atoms with Crippen LogP contribution in [0.25, 0.3) is 0 Å². The lowest BCUT2D eigenvalue weighted by Crippen LogP contribution is -2.45. The van der Waals surface area contributed by atoms with Crippen LogP contribution in [0.2, 0.25) is 0 Å². The number of carbonyl (C=O) groups is 1. The Balaban J connectivity index is 1.53. The van der Waals surface area contributed by atoms with Crippen LogP contribution >= 0.6 is 27.7 Å². The standard InChI is InChI=1S/C16H20BrN5O3S2/c17-13-3-5-14(6-4-13)27(24,25)22-8-1-2-12(10-22)15(23)18-7-9-26-16-19-11-20-21-16/h3-6,11-12H,1-2,7-10H2,(H,18,23)(H,19,20,21)/t12-/m0/s1. The van der Waals surface area contributed by atoms with Gasteiger partial charge in [-0.1, -0.05) is 27.7 Å². The number of carbonyl (C=O) groups excluding carboxylic acids is 1. The quantitative estimate of drug-likeness (QED) is 0.469. The third-order valence-corrected chi connectivity index (χ3v) is 7.53. The van der Waals surface area contributed by atoms with Crippen molar-refractivity contribution in [1.29, 1.82) is 0 Å². The van der Waals surface area contributed by atoms with Crippen LogP contribution in [0.4, 0.5) is 0 Å². The van der Waals surface area contributed by atoms with Crippen LogP contribution in [0.5, 0.6) is 0 Å². The third-order valence-electron chi connectivity index (χ3n) is 4.24. The van der Waals surface area contributed by atoms with Gasteiger partial charge in [-0.3, -0.25) is 9.89 Å². The number of benzene rings is 1. The maximum absolute atomic E-state index is 12.8. The molecule has 3 rings (SSSR count). The van der Waals surface area contributed by atoms with Gasteiger partial charge in [-0.15, -0.1) is 0 Å². The van der Waals surface area contributed by atoms with Crippen LogP contribution in [0.3, 0.4) is 0 Å². The van der Waals surface area contributed by atoms with E-state index >= 15 is 0 Å². The van der Waals surface area contributed by atoms with Crippen LogP contribution in [0, 0.1) is 5.92 Å². The highest BCUT2D eigenvalue weighted by Crippen LogP contribution is 2.25. The van der Waals surface area contributed by atoms with Gasteiger partial charge in [0.25, 0.3) is 0 Å². The molecule has 146 valence electrons. The Bertz CT molecular complexity index is 859. The number of sulfonamides is 1. The molecule has 1 aliphatic heterocycles. The minimum absolute atomic E-state index is 0.108. The minimum Gasteiger partial charge on any atom is -0.355 e. The largest absolute Gasteiger partial charge is 0.355 e. The van der Waals surface area contributed by atoms with Crippen LogP contribution < -0.4 is 5.32 Å². The molecular formula is C16H20BrN5O3S2. The number of thioether (sulfide) groups is 1.